The summed E-state index contributed by atoms with van der Waals surface area (Å²) in [5.74, 6) is -0.530. The minimum Gasteiger partial charge on any atom is -0.393 e. The number of halogens is 3. The Morgan fingerprint density at radius 1 is 1.35 bits per heavy atom. The molecular formula is C13H16F3NO3. The third-order valence-corrected chi connectivity index (χ3v) is 2.63. The van der Waals surface area contributed by atoms with E-state index in [1.807, 2.05) is 0 Å². The van der Waals surface area contributed by atoms with Gasteiger partial charge in [-0.1, -0.05) is 18.2 Å². The van der Waals surface area contributed by atoms with Gasteiger partial charge >= 0.3 is 6.18 Å². The molecule has 0 aliphatic rings. The number of hydrogen-bond acceptors (Lipinski definition) is 3. The molecule has 0 fully saturated rings. The molecule has 0 aromatic heterocycles. The summed E-state index contributed by atoms with van der Waals surface area (Å²) in [5, 5.41) is 20.6. The van der Waals surface area contributed by atoms with Crippen LogP contribution in [0.2, 0.25) is 0 Å². The Balaban J connectivity index is 2.63. The highest BCUT2D eigenvalue weighted by atomic mass is 19.4. The molecular weight excluding hydrogens is 275 g/mol. The number of amides is 1. The summed E-state index contributed by atoms with van der Waals surface area (Å²) >= 11 is 0. The predicted octanol–water partition coefficient (Wildman–Crippen LogP) is 1.11. The summed E-state index contributed by atoms with van der Waals surface area (Å²) in [4.78, 5) is 11.6. The lowest BCUT2D eigenvalue weighted by molar-refractivity contribution is -0.137. The highest BCUT2D eigenvalue weighted by Crippen LogP contribution is 2.29. The first-order valence-electron chi connectivity index (χ1n) is 5.90. The molecule has 0 saturated heterocycles. The second-order valence-electron chi connectivity index (χ2n) is 4.81. The number of carbonyl (C=O) groups is 1. The monoisotopic (exact) mass is 291 g/mol. The van der Waals surface area contributed by atoms with Crippen LogP contribution >= 0.6 is 0 Å². The number of hydrogen-bond donors (Lipinski definition) is 3. The lowest BCUT2D eigenvalue weighted by Gasteiger charge is -2.20. The fraction of sp³-hybridized carbons (Fsp3) is 0.462. The molecule has 0 saturated carbocycles. The highest BCUT2D eigenvalue weighted by Gasteiger charge is 2.30. The topological polar surface area (TPSA) is 69.6 Å². The minimum absolute atomic E-state index is 0.179. The van der Waals surface area contributed by atoms with Gasteiger partial charge in [-0.25, -0.2) is 0 Å². The third-order valence-electron chi connectivity index (χ3n) is 2.63. The molecule has 0 aliphatic heterocycles. The molecule has 1 aromatic rings. The Kier molecular flexibility index (Phi) is 5.13. The molecule has 112 valence electrons. The Hall–Kier alpha value is -1.60. The SMILES string of the molecule is CC(O)(CO)CNC(=O)Cc1cccc(C(F)(F)F)c1. The zero-order valence-electron chi connectivity index (χ0n) is 10.9. The molecule has 1 rings (SSSR count). The molecule has 0 bridgehead atoms. The zero-order chi connectivity index (χ0) is 15.4. The van der Waals surface area contributed by atoms with E-state index in [1.165, 1.54) is 19.1 Å². The molecule has 20 heavy (non-hydrogen) atoms. The molecule has 0 radical (unpaired) electrons. The Morgan fingerprint density at radius 3 is 2.55 bits per heavy atom. The minimum atomic E-state index is -4.45. The second-order valence-corrected chi connectivity index (χ2v) is 4.81. The third kappa shape index (κ3) is 5.18. The van der Waals surface area contributed by atoms with Crippen LogP contribution in [0.25, 0.3) is 0 Å². The van der Waals surface area contributed by atoms with Crippen LogP contribution in [-0.2, 0) is 17.4 Å². The van der Waals surface area contributed by atoms with Gasteiger partial charge in [0, 0.05) is 6.54 Å². The maximum absolute atomic E-state index is 12.5. The molecule has 3 N–H and O–H groups in total. The number of rotatable bonds is 5. The molecule has 1 unspecified atom stereocenters. The zero-order valence-corrected chi connectivity index (χ0v) is 10.9. The number of alkyl halides is 3. The standard InChI is InChI=1S/C13H16F3NO3/c1-12(20,8-18)7-17-11(19)6-9-3-2-4-10(5-9)13(14,15)16/h2-5,18,20H,6-8H2,1H3,(H,17,19). The summed E-state index contributed by atoms with van der Waals surface area (Å²) in [6, 6.07) is 4.48. The van der Waals surface area contributed by atoms with Crippen LogP contribution in [0.5, 0.6) is 0 Å². The van der Waals surface area contributed by atoms with E-state index in [2.05, 4.69) is 5.32 Å². The van der Waals surface area contributed by atoms with Crippen molar-refractivity contribution in [3.63, 3.8) is 0 Å². The number of aliphatic hydroxyl groups is 2. The first kappa shape index (κ1) is 16.5. The second kappa shape index (κ2) is 6.23. The molecule has 1 aromatic carbocycles. The summed E-state index contributed by atoms with van der Waals surface area (Å²) < 4.78 is 37.5. The average Bonchev–Trinajstić information content (AvgIpc) is 2.36. The van der Waals surface area contributed by atoms with Crippen LogP contribution in [0.3, 0.4) is 0 Å². The number of nitrogens with one attached hydrogen (secondary N) is 1. The van der Waals surface area contributed by atoms with Crippen LogP contribution in [0.4, 0.5) is 13.2 Å². The number of aliphatic hydroxyl groups excluding tert-OH is 1. The summed E-state index contributed by atoms with van der Waals surface area (Å²) in [6.45, 7) is 0.621. The smallest absolute Gasteiger partial charge is 0.393 e. The van der Waals surface area contributed by atoms with Gasteiger partial charge in [0.05, 0.1) is 18.6 Å². The van der Waals surface area contributed by atoms with Crippen molar-refractivity contribution < 1.29 is 28.2 Å². The van der Waals surface area contributed by atoms with Gasteiger partial charge in [-0.3, -0.25) is 4.79 Å². The van der Waals surface area contributed by atoms with Crippen molar-refractivity contribution in [3.05, 3.63) is 35.4 Å². The van der Waals surface area contributed by atoms with Gasteiger partial charge in [0.2, 0.25) is 5.91 Å². The largest absolute Gasteiger partial charge is 0.416 e. The van der Waals surface area contributed by atoms with Crippen molar-refractivity contribution in [1.29, 1.82) is 0 Å². The van der Waals surface area contributed by atoms with Crippen molar-refractivity contribution in [1.82, 2.24) is 5.32 Å². The Bertz CT molecular complexity index is 472. The number of benzene rings is 1. The van der Waals surface area contributed by atoms with Crippen molar-refractivity contribution in [2.75, 3.05) is 13.2 Å². The van der Waals surface area contributed by atoms with Crippen molar-refractivity contribution in [3.8, 4) is 0 Å². The van der Waals surface area contributed by atoms with Gasteiger partial charge in [0.1, 0.15) is 5.60 Å². The fourth-order valence-electron chi connectivity index (χ4n) is 1.45. The Labute approximate surface area is 114 Å². The van der Waals surface area contributed by atoms with Gasteiger partial charge in [-0.05, 0) is 18.6 Å². The van der Waals surface area contributed by atoms with E-state index >= 15 is 0 Å². The molecule has 0 spiro atoms. The van der Waals surface area contributed by atoms with Gasteiger partial charge < -0.3 is 15.5 Å². The maximum Gasteiger partial charge on any atom is 0.416 e. The van der Waals surface area contributed by atoms with Gasteiger partial charge in [0.15, 0.2) is 0 Å². The summed E-state index contributed by atoms with van der Waals surface area (Å²) in [7, 11) is 0. The molecule has 1 atom stereocenters. The van der Waals surface area contributed by atoms with Crippen LogP contribution in [0, 0.1) is 0 Å². The Morgan fingerprint density at radius 2 is 2.00 bits per heavy atom. The summed E-state index contributed by atoms with van der Waals surface area (Å²) in [6.07, 6.45) is -4.68. The predicted molar refractivity (Wildman–Crippen MR) is 65.9 cm³/mol. The van der Waals surface area contributed by atoms with E-state index in [0.29, 0.717) is 0 Å². The first-order valence-corrected chi connectivity index (χ1v) is 5.90. The van der Waals surface area contributed by atoms with E-state index in [0.717, 1.165) is 12.1 Å². The van der Waals surface area contributed by atoms with E-state index < -0.39 is 29.9 Å². The quantitative estimate of drug-likeness (QED) is 0.761. The van der Waals surface area contributed by atoms with Gasteiger partial charge in [-0.15, -0.1) is 0 Å². The lowest BCUT2D eigenvalue weighted by Crippen LogP contribution is -2.43. The summed E-state index contributed by atoms with van der Waals surface area (Å²) in [5.41, 5.74) is -2.05. The van der Waals surface area contributed by atoms with Crippen LogP contribution in [0.1, 0.15) is 18.1 Å². The van der Waals surface area contributed by atoms with Crippen LogP contribution in [0.15, 0.2) is 24.3 Å². The van der Waals surface area contributed by atoms with Crippen LogP contribution in [-0.4, -0.2) is 34.9 Å². The molecule has 0 heterocycles. The van der Waals surface area contributed by atoms with Crippen molar-refractivity contribution in [2.45, 2.75) is 25.1 Å². The van der Waals surface area contributed by atoms with Gasteiger partial charge in [-0.2, -0.15) is 13.2 Å². The van der Waals surface area contributed by atoms with E-state index in [9.17, 15) is 23.1 Å². The molecule has 1 amide bonds. The van der Waals surface area contributed by atoms with E-state index in [4.69, 9.17) is 5.11 Å². The van der Waals surface area contributed by atoms with Crippen LogP contribution < -0.4 is 5.32 Å². The lowest BCUT2D eigenvalue weighted by atomic mass is 10.1. The number of carbonyl (C=O) groups excluding carboxylic acids is 1. The molecule has 7 heteroatoms. The van der Waals surface area contributed by atoms with Gasteiger partial charge in [0.25, 0.3) is 0 Å². The maximum atomic E-state index is 12.5. The molecule has 0 aliphatic carbocycles. The van der Waals surface area contributed by atoms with Crippen molar-refractivity contribution in [2.24, 2.45) is 0 Å². The first-order chi connectivity index (χ1) is 9.14. The molecule has 4 nitrogen and oxygen atoms in total. The highest BCUT2D eigenvalue weighted by molar-refractivity contribution is 5.78. The average molecular weight is 291 g/mol. The normalized spacial score (nSPS) is 14.7. The van der Waals surface area contributed by atoms with Crippen molar-refractivity contribution >= 4 is 5.91 Å². The van der Waals surface area contributed by atoms with E-state index in [-0.39, 0.29) is 18.5 Å². The fourth-order valence-corrected chi connectivity index (χ4v) is 1.45. The van der Waals surface area contributed by atoms with E-state index in [1.54, 1.807) is 0 Å².